The third-order valence-electron chi connectivity index (χ3n) is 3.86. The van der Waals surface area contributed by atoms with Crippen LogP contribution in [0.4, 0.5) is 11.6 Å². The van der Waals surface area contributed by atoms with E-state index in [1.54, 1.807) is 6.07 Å². The van der Waals surface area contributed by atoms with E-state index in [2.05, 4.69) is 20.6 Å². The first kappa shape index (κ1) is 17.0. The fourth-order valence-corrected chi connectivity index (χ4v) is 2.76. The van der Waals surface area contributed by atoms with Crippen molar-refractivity contribution >= 4 is 29.3 Å². The summed E-state index contributed by atoms with van der Waals surface area (Å²) in [4.78, 5) is 8.26. The molecule has 0 aliphatic carbocycles. The van der Waals surface area contributed by atoms with Gasteiger partial charge in [-0.1, -0.05) is 11.6 Å². The lowest BCUT2D eigenvalue weighted by Gasteiger charge is -2.28. The number of aliphatic hydroxyl groups is 1. The lowest BCUT2D eigenvalue weighted by Crippen LogP contribution is -2.34. The molecule has 1 aliphatic heterocycles. The Kier molecular flexibility index (Phi) is 4.74. The summed E-state index contributed by atoms with van der Waals surface area (Å²) in [6.45, 7) is 1.88. The molecule has 128 valence electrons. The molecule has 1 unspecified atom stereocenters. The van der Waals surface area contributed by atoms with Crippen LogP contribution in [-0.2, 0) is 0 Å². The van der Waals surface area contributed by atoms with Crippen molar-refractivity contribution in [2.45, 2.75) is 19.2 Å². The first-order chi connectivity index (χ1) is 12.0. The highest BCUT2D eigenvalue weighted by Crippen LogP contribution is 2.30. The van der Waals surface area contributed by atoms with Crippen LogP contribution >= 0.6 is 11.6 Å². The summed E-state index contributed by atoms with van der Waals surface area (Å²) < 4.78 is 5.08. The first-order valence-corrected chi connectivity index (χ1v) is 7.93. The van der Waals surface area contributed by atoms with Crippen LogP contribution in [0.25, 0.3) is 6.08 Å². The minimum Gasteiger partial charge on any atom is -0.480 e. The van der Waals surface area contributed by atoms with E-state index in [0.29, 0.717) is 16.5 Å². The van der Waals surface area contributed by atoms with Crippen molar-refractivity contribution in [2.75, 3.05) is 17.7 Å². The average molecular weight is 358 g/mol. The third kappa shape index (κ3) is 3.50. The SMILES string of the molecule is COc1nc(N[C@@H](C)C2=Cc3cc(Cl)ccc3NC2O)ncc1C#N. The molecule has 0 amide bonds. The maximum atomic E-state index is 10.4. The molecule has 1 aromatic heterocycles. The van der Waals surface area contributed by atoms with Gasteiger partial charge < -0.3 is 20.5 Å². The van der Waals surface area contributed by atoms with Gasteiger partial charge in [0, 0.05) is 16.3 Å². The number of nitrogens with zero attached hydrogens (tertiary/aromatic N) is 3. The summed E-state index contributed by atoms with van der Waals surface area (Å²) in [6, 6.07) is 7.10. The predicted molar refractivity (Wildman–Crippen MR) is 95.4 cm³/mol. The largest absolute Gasteiger partial charge is 0.480 e. The zero-order chi connectivity index (χ0) is 18.0. The maximum Gasteiger partial charge on any atom is 0.236 e. The highest BCUT2D eigenvalue weighted by Gasteiger charge is 2.23. The van der Waals surface area contributed by atoms with Crippen molar-refractivity contribution in [3.05, 3.63) is 46.1 Å². The van der Waals surface area contributed by atoms with Gasteiger partial charge in [0.2, 0.25) is 11.8 Å². The molecule has 2 atom stereocenters. The van der Waals surface area contributed by atoms with E-state index in [1.165, 1.54) is 13.3 Å². The number of aromatic nitrogens is 2. The fraction of sp³-hybridized carbons (Fsp3) is 0.235. The number of halogens is 1. The number of anilines is 2. The Balaban J connectivity index is 1.86. The zero-order valence-electron chi connectivity index (χ0n) is 13.6. The lowest BCUT2D eigenvalue weighted by atomic mass is 9.98. The number of ether oxygens (including phenoxy) is 1. The molecule has 1 aliphatic rings. The van der Waals surface area contributed by atoms with Gasteiger partial charge >= 0.3 is 0 Å². The molecule has 25 heavy (non-hydrogen) atoms. The Morgan fingerprint density at radius 3 is 3.00 bits per heavy atom. The topological polar surface area (TPSA) is 103 Å². The highest BCUT2D eigenvalue weighted by atomic mass is 35.5. The molecule has 3 rings (SSSR count). The van der Waals surface area contributed by atoms with Gasteiger partial charge in [-0.15, -0.1) is 0 Å². The van der Waals surface area contributed by atoms with Crippen molar-refractivity contribution in [1.29, 1.82) is 5.26 Å². The average Bonchev–Trinajstić information content (AvgIpc) is 2.61. The van der Waals surface area contributed by atoms with Crippen LogP contribution in [0.2, 0.25) is 5.02 Å². The monoisotopic (exact) mass is 357 g/mol. The van der Waals surface area contributed by atoms with Gasteiger partial charge in [0.15, 0.2) is 0 Å². The van der Waals surface area contributed by atoms with E-state index < -0.39 is 6.23 Å². The Hall–Kier alpha value is -2.82. The van der Waals surface area contributed by atoms with E-state index in [9.17, 15) is 5.11 Å². The number of hydrogen-bond acceptors (Lipinski definition) is 7. The van der Waals surface area contributed by atoms with E-state index in [-0.39, 0.29) is 17.5 Å². The van der Waals surface area contributed by atoms with E-state index in [1.807, 2.05) is 31.2 Å². The molecular weight excluding hydrogens is 342 g/mol. The van der Waals surface area contributed by atoms with Crippen molar-refractivity contribution in [3.8, 4) is 11.9 Å². The number of nitrogens with one attached hydrogen (secondary N) is 2. The Morgan fingerprint density at radius 2 is 2.28 bits per heavy atom. The summed E-state index contributed by atoms with van der Waals surface area (Å²) in [5, 5.41) is 26.1. The quantitative estimate of drug-likeness (QED) is 0.772. The van der Waals surface area contributed by atoms with Crippen molar-refractivity contribution in [2.24, 2.45) is 0 Å². The molecule has 1 aromatic carbocycles. The molecule has 0 radical (unpaired) electrons. The zero-order valence-corrected chi connectivity index (χ0v) is 14.4. The van der Waals surface area contributed by atoms with Crippen LogP contribution in [-0.4, -0.2) is 34.5 Å². The number of hydrogen-bond donors (Lipinski definition) is 3. The molecule has 7 nitrogen and oxygen atoms in total. The second-order valence-corrected chi connectivity index (χ2v) is 5.95. The van der Waals surface area contributed by atoms with Gasteiger partial charge in [-0.25, -0.2) is 4.98 Å². The van der Waals surface area contributed by atoms with Gasteiger partial charge in [-0.3, -0.25) is 0 Å². The molecule has 0 saturated carbocycles. The number of nitriles is 1. The molecule has 0 bridgehead atoms. The minimum atomic E-state index is -0.851. The van der Waals surface area contributed by atoms with E-state index in [4.69, 9.17) is 21.6 Å². The van der Waals surface area contributed by atoms with E-state index in [0.717, 1.165) is 11.3 Å². The Labute approximate surface area is 149 Å². The molecule has 0 fully saturated rings. The van der Waals surface area contributed by atoms with Gasteiger partial charge in [0.05, 0.1) is 19.3 Å². The molecule has 0 spiro atoms. The summed E-state index contributed by atoms with van der Waals surface area (Å²) in [6.07, 6.45) is 2.41. The van der Waals surface area contributed by atoms with Gasteiger partial charge in [0.1, 0.15) is 17.9 Å². The Morgan fingerprint density at radius 1 is 1.48 bits per heavy atom. The number of rotatable bonds is 4. The summed E-state index contributed by atoms with van der Waals surface area (Å²) in [5.74, 6) is 0.494. The van der Waals surface area contributed by atoms with Gasteiger partial charge in [-0.05, 0) is 36.8 Å². The van der Waals surface area contributed by atoms with Gasteiger partial charge in [-0.2, -0.15) is 10.2 Å². The Bertz CT molecular complexity index is 878. The number of fused-ring (bicyclic) bond motifs is 1. The van der Waals surface area contributed by atoms with Crippen LogP contribution < -0.4 is 15.4 Å². The molecule has 8 heteroatoms. The predicted octanol–water partition coefficient (Wildman–Crippen LogP) is 2.64. The smallest absolute Gasteiger partial charge is 0.236 e. The molecule has 3 N–H and O–H groups in total. The van der Waals surface area contributed by atoms with Crippen LogP contribution in [0.15, 0.2) is 30.0 Å². The number of methoxy groups -OCH3 is 1. The highest BCUT2D eigenvalue weighted by molar-refractivity contribution is 6.30. The van der Waals surface area contributed by atoms with Crippen molar-refractivity contribution in [3.63, 3.8) is 0 Å². The minimum absolute atomic E-state index is 0.195. The lowest BCUT2D eigenvalue weighted by molar-refractivity contribution is 0.234. The summed E-state index contributed by atoms with van der Waals surface area (Å²) in [5.41, 5.74) is 2.66. The molecule has 2 heterocycles. The van der Waals surface area contributed by atoms with Crippen LogP contribution in [0, 0.1) is 11.3 Å². The first-order valence-electron chi connectivity index (χ1n) is 7.55. The summed E-state index contributed by atoms with van der Waals surface area (Å²) in [7, 11) is 1.44. The molecule has 2 aromatic rings. The van der Waals surface area contributed by atoms with Crippen LogP contribution in [0.5, 0.6) is 5.88 Å². The van der Waals surface area contributed by atoms with E-state index >= 15 is 0 Å². The van der Waals surface area contributed by atoms with Gasteiger partial charge in [0.25, 0.3) is 0 Å². The second kappa shape index (κ2) is 6.97. The second-order valence-electron chi connectivity index (χ2n) is 5.52. The number of benzene rings is 1. The van der Waals surface area contributed by atoms with Crippen LogP contribution in [0.1, 0.15) is 18.1 Å². The molecular formula is C17H16ClN5O2. The normalized spacial score (nSPS) is 16.8. The third-order valence-corrected chi connectivity index (χ3v) is 4.09. The maximum absolute atomic E-state index is 10.4. The standard InChI is InChI=1S/C17H16ClN5O2/c1-9(21-17-20-8-11(7-19)16(23-17)25-2)13-6-10-5-12(18)3-4-14(10)22-15(13)24/h3-6,8-9,15,22,24H,1-2H3,(H,20,21,23)/t9-,15?/m0/s1. The molecule has 0 saturated heterocycles. The van der Waals surface area contributed by atoms with Crippen molar-refractivity contribution < 1.29 is 9.84 Å². The van der Waals surface area contributed by atoms with Crippen LogP contribution in [0.3, 0.4) is 0 Å². The number of aliphatic hydroxyl groups excluding tert-OH is 1. The van der Waals surface area contributed by atoms with Crippen molar-refractivity contribution in [1.82, 2.24) is 9.97 Å². The summed E-state index contributed by atoms with van der Waals surface area (Å²) >= 11 is 6.04. The fourth-order valence-electron chi connectivity index (χ4n) is 2.58.